The van der Waals surface area contributed by atoms with E-state index in [1.165, 1.54) is 0 Å². The van der Waals surface area contributed by atoms with Crippen LogP contribution < -0.4 is 15.6 Å². The molecule has 1 aliphatic carbocycles. The summed E-state index contributed by atoms with van der Waals surface area (Å²) < 4.78 is 18.0. The summed E-state index contributed by atoms with van der Waals surface area (Å²) in [5, 5.41) is 2.72. The van der Waals surface area contributed by atoms with Crippen molar-refractivity contribution in [2.75, 3.05) is 25.6 Å². The molecule has 2 heterocycles. The van der Waals surface area contributed by atoms with Crippen molar-refractivity contribution in [2.24, 2.45) is 0 Å². The minimum Gasteiger partial charge on any atom is -0.491 e. The number of esters is 1. The van der Waals surface area contributed by atoms with Gasteiger partial charge < -0.3 is 24.1 Å². The van der Waals surface area contributed by atoms with Gasteiger partial charge in [-0.2, -0.15) is 0 Å². The Balaban J connectivity index is 1.80. The van der Waals surface area contributed by atoms with Crippen LogP contribution in [0.2, 0.25) is 0 Å². The monoisotopic (exact) mass is 472 g/mol. The summed E-state index contributed by atoms with van der Waals surface area (Å²) in [6.07, 6.45) is 2.80. The maximum Gasteiger partial charge on any atom is 0.344 e. The van der Waals surface area contributed by atoms with E-state index in [4.69, 9.17) is 14.2 Å². The fourth-order valence-electron chi connectivity index (χ4n) is 3.91. The summed E-state index contributed by atoms with van der Waals surface area (Å²) in [5.41, 5.74) is 2.83. The average Bonchev–Trinajstić information content (AvgIpc) is 3.61. The van der Waals surface area contributed by atoms with E-state index in [-0.39, 0.29) is 23.3 Å². The molecule has 2 aliphatic rings. The van der Waals surface area contributed by atoms with E-state index < -0.39 is 5.97 Å². The van der Waals surface area contributed by atoms with Crippen LogP contribution in [-0.2, 0) is 20.0 Å². The first-order valence-electron chi connectivity index (χ1n) is 11.1. The normalized spacial score (nSPS) is 14.4. The van der Waals surface area contributed by atoms with Gasteiger partial charge in [-0.05, 0) is 50.5 Å². The number of hydrogen-bond donors (Lipinski definition) is 1. The van der Waals surface area contributed by atoms with Crippen molar-refractivity contribution in [1.82, 2.24) is 4.57 Å². The van der Waals surface area contributed by atoms with Crippen molar-refractivity contribution >= 4 is 29.8 Å². The van der Waals surface area contributed by atoms with Crippen LogP contribution in [0.5, 0.6) is 5.75 Å². The van der Waals surface area contributed by atoms with Gasteiger partial charge in [-0.15, -0.1) is 11.8 Å². The van der Waals surface area contributed by atoms with E-state index in [0.29, 0.717) is 36.8 Å². The number of aromatic nitrogens is 1. The molecule has 8 nitrogen and oxygen atoms in total. The highest BCUT2D eigenvalue weighted by Gasteiger charge is 2.34. The highest BCUT2D eigenvalue weighted by atomic mass is 32.2. The van der Waals surface area contributed by atoms with Gasteiger partial charge in [0.25, 0.3) is 5.56 Å². The van der Waals surface area contributed by atoms with Crippen LogP contribution in [0.15, 0.2) is 27.9 Å². The van der Waals surface area contributed by atoms with Gasteiger partial charge in [0.05, 0.1) is 24.1 Å². The highest BCUT2D eigenvalue weighted by molar-refractivity contribution is 7.98. The Morgan fingerprint density at radius 3 is 2.73 bits per heavy atom. The van der Waals surface area contributed by atoms with Gasteiger partial charge in [-0.3, -0.25) is 9.59 Å². The molecule has 1 N–H and O–H groups in total. The Kier molecular flexibility index (Phi) is 7.09. The number of ether oxygens (including phenoxy) is 3. The van der Waals surface area contributed by atoms with E-state index >= 15 is 0 Å². The minimum absolute atomic E-state index is 0.0569. The van der Waals surface area contributed by atoms with E-state index in [0.717, 1.165) is 41.0 Å². The van der Waals surface area contributed by atoms with Crippen LogP contribution in [0.3, 0.4) is 0 Å². The summed E-state index contributed by atoms with van der Waals surface area (Å²) in [6.45, 7) is 4.56. The molecule has 1 aromatic heterocycles. The number of nitrogens with one attached hydrogen (secondary N) is 1. The second-order valence-corrected chi connectivity index (χ2v) is 9.40. The maximum absolute atomic E-state index is 13.4. The van der Waals surface area contributed by atoms with E-state index in [9.17, 15) is 14.4 Å². The van der Waals surface area contributed by atoms with Crippen LogP contribution in [-0.4, -0.2) is 43.4 Å². The minimum atomic E-state index is -0.592. The molecule has 1 fully saturated rings. The van der Waals surface area contributed by atoms with Crippen molar-refractivity contribution in [3.05, 3.63) is 39.7 Å². The Morgan fingerprint density at radius 1 is 1.27 bits per heavy atom. The second-order valence-electron chi connectivity index (χ2n) is 8.38. The molecule has 2 aromatic rings. The largest absolute Gasteiger partial charge is 0.491 e. The molecular formula is C24H28N2O6S. The zero-order valence-electron chi connectivity index (χ0n) is 19.0. The summed E-state index contributed by atoms with van der Waals surface area (Å²) in [4.78, 5) is 38.2. The van der Waals surface area contributed by atoms with Gasteiger partial charge in [-0.1, -0.05) is 0 Å². The van der Waals surface area contributed by atoms with Crippen LogP contribution >= 0.6 is 11.8 Å². The van der Waals surface area contributed by atoms with Crippen molar-refractivity contribution in [3.8, 4) is 17.0 Å². The standard InChI is InChI=1S/C24H28N2O6S/c1-14(2)32-24(29)18-9-15-12-33-21-11-20(31-8-4-7-30-3)19(25-13-27)10-17(21)22(15)26(23(18)28)16-5-6-16/h9-11,13-14,16H,4-8,12H2,1-3H3,(H,25,27). The lowest BCUT2D eigenvalue weighted by Crippen LogP contribution is -2.30. The number of carbonyl (C=O) groups is 2. The number of anilines is 1. The van der Waals surface area contributed by atoms with Gasteiger partial charge in [0, 0.05) is 42.4 Å². The molecule has 0 spiro atoms. The van der Waals surface area contributed by atoms with E-state index in [1.54, 1.807) is 43.4 Å². The summed E-state index contributed by atoms with van der Waals surface area (Å²) in [5.74, 6) is 0.595. The van der Waals surface area contributed by atoms with Crippen LogP contribution in [0, 0.1) is 0 Å². The first kappa shape index (κ1) is 23.4. The summed E-state index contributed by atoms with van der Waals surface area (Å²) >= 11 is 1.61. The number of hydrogen-bond acceptors (Lipinski definition) is 7. The summed E-state index contributed by atoms with van der Waals surface area (Å²) in [7, 11) is 1.64. The Hall–Kier alpha value is -2.78. The lowest BCUT2D eigenvalue weighted by atomic mass is 10.0. The number of nitrogens with zero attached hydrogens (tertiary/aromatic N) is 1. The smallest absolute Gasteiger partial charge is 0.344 e. The number of rotatable bonds is 10. The zero-order chi connectivity index (χ0) is 23.5. The third-order valence-electron chi connectivity index (χ3n) is 5.47. The fourth-order valence-corrected chi connectivity index (χ4v) is 4.94. The number of thioether (sulfide) groups is 1. The van der Waals surface area contributed by atoms with Gasteiger partial charge in [0.2, 0.25) is 6.41 Å². The predicted molar refractivity (Wildman–Crippen MR) is 126 cm³/mol. The molecule has 0 saturated heterocycles. The zero-order valence-corrected chi connectivity index (χ0v) is 19.8. The SMILES string of the molecule is COCCCOc1cc2c(cc1NC=O)-c1c(cc(C(=O)OC(C)C)c(=O)n1C1CC1)CS2. The molecule has 33 heavy (non-hydrogen) atoms. The molecule has 1 saturated carbocycles. The van der Waals surface area contributed by atoms with Crippen molar-refractivity contribution in [1.29, 1.82) is 0 Å². The van der Waals surface area contributed by atoms with E-state index in [1.807, 2.05) is 12.1 Å². The van der Waals surface area contributed by atoms with Crippen LogP contribution in [0.25, 0.3) is 11.3 Å². The fraction of sp³-hybridized carbons (Fsp3) is 0.458. The molecule has 1 aromatic carbocycles. The number of amides is 1. The number of methoxy groups -OCH3 is 1. The molecule has 0 unspecified atom stereocenters. The molecule has 0 atom stereocenters. The molecule has 176 valence electrons. The van der Waals surface area contributed by atoms with Crippen molar-refractivity contribution < 1.29 is 23.8 Å². The lowest BCUT2D eigenvalue weighted by Gasteiger charge is -2.26. The first-order chi connectivity index (χ1) is 15.9. The topological polar surface area (TPSA) is 95.9 Å². The van der Waals surface area contributed by atoms with Crippen LogP contribution in [0.1, 0.15) is 55.1 Å². The summed E-state index contributed by atoms with van der Waals surface area (Å²) in [6, 6.07) is 5.48. The number of benzene rings is 1. The maximum atomic E-state index is 13.4. The quantitative estimate of drug-likeness (QED) is 0.317. The average molecular weight is 473 g/mol. The van der Waals surface area contributed by atoms with Crippen LogP contribution in [0.4, 0.5) is 5.69 Å². The third-order valence-corrected chi connectivity index (χ3v) is 6.58. The van der Waals surface area contributed by atoms with Gasteiger partial charge >= 0.3 is 5.97 Å². The third kappa shape index (κ3) is 4.94. The Labute approximate surface area is 196 Å². The predicted octanol–water partition coefficient (Wildman–Crippen LogP) is 4.00. The number of carbonyl (C=O) groups excluding carboxylic acids is 2. The molecule has 9 heteroatoms. The van der Waals surface area contributed by atoms with Gasteiger partial charge in [-0.25, -0.2) is 4.79 Å². The molecule has 4 rings (SSSR count). The molecular weight excluding hydrogens is 444 g/mol. The van der Waals surface area contributed by atoms with Crippen molar-refractivity contribution in [3.63, 3.8) is 0 Å². The van der Waals surface area contributed by atoms with Gasteiger partial charge in [0.15, 0.2) is 0 Å². The van der Waals surface area contributed by atoms with E-state index in [2.05, 4.69) is 5.32 Å². The highest BCUT2D eigenvalue weighted by Crippen LogP contribution is 2.48. The second kappa shape index (κ2) is 10.0. The Bertz CT molecular complexity index is 1120. The molecule has 0 radical (unpaired) electrons. The van der Waals surface area contributed by atoms with Crippen molar-refractivity contribution in [2.45, 2.75) is 55.9 Å². The van der Waals surface area contributed by atoms with Gasteiger partial charge in [0.1, 0.15) is 11.3 Å². The number of pyridine rings is 1. The Morgan fingerprint density at radius 2 is 2.06 bits per heavy atom. The molecule has 0 bridgehead atoms. The lowest BCUT2D eigenvalue weighted by molar-refractivity contribution is -0.105. The number of fused-ring (bicyclic) bond motifs is 3. The molecule has 1 aliphatic heterocycles. The molecule has 1 amide bonds. The first-order valence-corrected chi connectivity index (χ1v) is 12.1.